The molecule has 2 heterocycles. The van der Waals surface area contributed by atoms with Crippen molar-refractivity contribution in [3.8, 4) is 0 Å². The van der Waals surface area contributed by atoms with Crippen LogP contribution in [0.3, 0.4) is 0 Å². The lowest BCUT2D eigenvalue weighted by atomic mass is 10.2. The smallest absolute Gasteiger partial charge is 0.191 e. The van der Waals surface area contributed by atoms with Crippen molar-refractivity contribution < 1.29 is 4.42 Å². The number of aliphatic imine (C=N–C) groups is 1. The Hall–Kier alpha value is -1.53. The number of nitrogens with zero attached hydrogens (tertiary/aromatic N) is 3. The molecule has 0 saturated carbocycles. The Morgan fingerprint density at radius 1 is 1.26 bits per heavy atom. The number of furan rings is 1. The average molecular weight is 321 g/mol. The molecule has 0 aliphatic carbocycles. The van der Waals surface area contributed by atoms with E-state index in [0.29, 0.717) is 12.6 Å². The van der Waals surface area contributed by atoms with Crippen LogP contribution in [0.1, 0.15) is 26.5 Å². The number of hydrogen-bond acceptors (Lipinski definition) is 4. The number of nitrogens with one attached hydrogen (secondary N) is 2. The maximum Gasteiger partial charge on any atom is 0.191 e. The molecule has 1 aliphatic heterocycles. The van der Waals surface area contributed by atoms with E-state index in [9.17, 15) is 0 Å². The van der Waals surface area contributed by atoms with Gasteiger partial charge in [0.15, 0.2) is 5.96 Å². The molecule has 2 N–H and O–H groups in total. The normalized spacial score (nSPS) is 18.8. The Labute approximate surface area is 139 Å². The Kier molecular flexibility index (Phi) is 7.42. The molecule has 1 aliphatic rings. The zero-order chi connectivity index (χ0) is 16.5. The predicted molar refractivity (Wildman–Crippen MR) is 94.7 cm³/mol. The van der Waals surface area contributed by atoms with E-state index in [1.165, 1.54) is 13.1 Å². The number of guanidine groups is 1. The molecule has 0 radical (unpaired) electrons. The number of likely N-dealkylation sites (N-methyl/N-ethyl adjacent to an activating group) is 1. The van der Waals surface area contributed by atoms with Crippen LogP contribution < -0.4 is 10.6 Å². The van der Waals surface area contributed by atoms with E-state index in [4.69, 9.17) is 4.42 Å². The van der Waals surface area contributed by atoms with Crippen LogP contribution in [0.5, 0.6) is 0 Å². The summed E-state index contributed by atoms with van der Waals surface area (Å²) in [5.74, 6) is 1.73. The average Bonchev–Trinajstić information content (AvgIpc) is 3.10. The quantitative estimate of drug-likeness (QED) is 0.587. The van der Waals surface area contributed by atoms with E-state index in [0.717, 1.165) is 44.4 Å². The van der Waals surface area contributed by atoms with Gasteiger partial charge in [-0.15, -0.1) is 0 Å². The minimum atomic E-state index is 0.501. The molecule has 0 spiro atoms. The maximum atomic E-state index is 5.33. The van der Waals surface area contributed by atoms with Crippen LogP contribution in [0.4, 0.5) is 0 Å². The van der Waals surface area contributed by atoms with E-state index >= 15 is 0 Å². The van der Waals surface area contributed by atoms with Crippen LogP contribution >= 0.6 is 0 Å². The first-order chi connectivity index (χ1) is 11.2. The van der Waals surface area contributed by atoms with Gasteiger partial charge in [0.05, 0.1) is 6.26 Å². The molecule has 6 heteroatoms. The van der Waals surface area contributed by atoms with Crippen molar-refractivity contribution >= 4 is 5.96 Å². The molecule has 2 rings (SSSR count). The van der Waals surface area contributed by atoms with Gasteiger partial charge in [0.2, 0.25) is 0 Å². The molecular formula is C17H31N5O. The Morgan fingerprint density at radius 3 is 2.65 bits per heavy atom. The number of piperazine rings is 1. The third-order valence-electron chi connectivity index (χ3n) is 4.36. The van der Waals surface area contributed by atoms with E-state index in [2.05, 4.69) is 46.2 Å². The maximum absolute atomic E-state index is 5.33. The molecular weight excluding hydrogens is 290 g/mol. The molecule has 1 aromatic heterocycles. The molecule has 1 atom stereocenters. The second kappa shape index (κ2) is 9.57. The summed E-state index contributed by atoms with van der Waals surface area (Å²) in [4.78, 5) is 9.63. The summed E-state index contributed by atoms with van der Waals surface area (Å²) in [6.45, 7) is 14.7. The fraction of sp³-hybridized carbons (Fsp3) is 0.706. The fourth-order valence-electron chi connectivity index (χ4n) is 2.80. The van der Waals surface area contributed by atoms with Crippen LogP contribution in [0.2, 0.25) is 0 Å². The van der Waals surface area contributed by atoms with Crippen molar-refractivity contribution in [3.05, 3.63) is 24.2 Å². The second-order valence-electron chi connectivity index (χ2n) is 5.97. The first-order valence-corrected chi connectivity index (χ1v) is 8.73. The summed E-state index contributed by atoms with van der Waals surface area (Å²) in [6, 6.07) is 4.34. The zero-order valence-corrected chi connectivity index (χ0v) is 14.7. The summed E-state index contributed by atoms with van der Waals surface area (Å²) in [6.07, 6.45) is 1.68. The van der Waals surface area contributed by atoms with Gasteiger partial charge in [-0.3, -0.25) is 4.90 Å². The highest BCUT2D eigenvalue weighted by Gasteiger charge is 2.20. The summed E-state index contributed by atoms with van der Waals surface area (Å²) >= 11 is 0. The van der Waals surface area contributed by atoms with Crippen LogP contribution in [0.15, 0.2) is 27.8 Å². The van der Waals surface area contributed by atoms with Gasteiger partial charge in [0.25, 0.3) is 0 Å². The molecule has 1 unspecified atom stereocenters. The minimum Gasteiger partial charge on any atom is -0.467 e. The predicted octanol–water partition coefficient (Wildman–Crippen LogP) is 1.36. The van der Waals surface area contributed by atoms with Gasteiger partial charge in [0, 0.05) is 45.3 Å². The lowest BCUT2D eigenvalue weighted by molar-refractivity contribution is 0.107. The Morgan fingerprint density at radius 2 is 2.04 bits per heavy atom. The van der Waals surface area contributed by atoms with Crippen LogP contribution in [0.25, 0.3) is 0 Å². The van der Waals surface area contributed by atoms with Gasteiger partial charge < -0.3 is 20.0 Å². The number of hydrogen-bond donors (Lipinski definition) is 2. The first-order valence-electron chi connectivity index (χ1n) is 8.73. The van der Waals surface area contributed by atoms with Gasteiger partial charge >= 0.3 is 0 Å². The van der Waals surface area contributed by atoms with Gasteiger partial charge in [-0.05, 0) is 32.5 Å². The van der Waals surface area contributed by atoms with Gasteiger partial charge in [-0.25, -0.2) is 4.99 Å². The lowest BCUT2D eigenvalue weighted by Crippen LogP contribution is -2.53. The molecule has 6 nitrogen and oxygen atoms in total. The third-order valence-corrected chi connectivity index (χ3v) is 4.36. The van der Waals surface area contributed by atoms with Crippen LogP contribution in [0, 0.1) is 0 Å². The van der Waals surface area contributed by atoms with Crippen molar-refractivity contribution in [1.29, 1.82) is 0 Å². The minimum absolute atomic E-state index is 0.501. The lowest BCUT2D eigenvalue weighted by Gasteiger charge is -2.37. The highest BCUT2D eigenvalue weighted by Crippen LogP contribution is 2.05. The molecule has 1 aromatic rings. The highest BCUT2D eigenvalue weighted by molar-refractivity contribution is 5.79. The largest absolute Gasteiger partial charge is 0.467 e. The molecule has 0 amide bonds. The second-order valence-corrected chi connectivity index (χ2v) is 5.97. The van der Waals surface area contributed by atoms with Crippen molar-refractivity contribution in [1.82, 2.24) is 20.4 Å². The summed E-state index contributed by atoms with van der Waals surface area (Å²) < 4.78 is 5.33. The van der Waals surface area contributed by atoms with E-state index in [1.54, 1.807) is 6.26 Å². The Bertz CT molecular complexity index is 452. The Balaban J connectivity index is 1.77. The summed E-state index contributed by atoms with van der Waals surface area (Å²) in [5.41, 5.74) is 0. The molecule has 1 fully saturated rings. The number of rotatable bonds is 7. The molecule has 0 aromatic carbocycles. The van der Waals surface area contributed by atoms with Crippen LogP contribution in [-0.4, -0.2) is 67.6 Å². The van der Waals surface area contributed by atoms with Gasteiger partial charge in [-0.1, -0.05) is 6.92 Å². The molecule has 0 bridgehead atoms. The van der Waals surface area contributed by atoms with Crippen molar-refractivity contribution in [3.63, 3.8) is 0 Å². The fourth-order valence-corrected chi connectivity index (χ4v) is 2.80. The van der Waals surface area contributed by atoms with Crippen molar-refractivity contribution in [2.75, 3.05) is 45.8 Å². The monoisotopic (exact) mass is 321 g/mol. The van der Waals surface area contributed by atoms with E-state index < -0.39 is 0 Å². The summed E-state index contributed by atoms with van der Waals surface area (Å²) in [7, 11) is 0. The zero-order valence-electron chi connectivity index (χ0n) is 14.7. The van der Waals surface area contributed by atoms with Gasteiger partial charge in [-0.2, -0.15) is 0 Å². The van der Waals surface area contributed by atoms with E-state index in [-0.39, 0.29) is 0 Å². The molecule has 1 saturated heterocycles. The molecule has 130 valence electrons. The van der Waals surface area contributed by atoms with Crippen LogP contribution in [-0.2, 0) is 6.54 Å². The van der Waals surface area contributed by atoms with Crippen molar-refractivity contribution in [2.45, 2.75) is 33.4 Å². The van der Waals surface area contributed by atoms with Crippen molar-refractivity contribution in [2.24, 2.45) is 4.99 Å². The molecule has 23 heavy (non-hydrogen) atoms. The topological polar surface area (TPSA) is 56.0 Å². The standard InChI is InChI=1S/C17H31N5O/c1-4-18-17(20-14-16-7-6-12-23-16)19-13-15(3)22-10-8-21(5-2)9-11-22/h6-7,12,15H,4-5,8-11,13-14H2,1-3H3,(H2,18,19,20). The first kappa shape index (κ1) is 17.8. The third kappa shape index (κ3) is 5.88. The van der Waals surface area contributed by atoms with E-state index in [1.807, 2.05) is 12.1 Å². The highest BCUT2D eigenvalue weighted by atomic mass is 16.3. The SMILES string of the molecule is CCNC(=NCc1ccco1)NCC(C)N1CCN(CC)CC1. The van der Waals surface area contributed by atoms with Gasteiger partial charge in [0.1, 0.15) is 12.3 Å². The summed E-state index contributed by atoms with van der Waals surface area (Å²) in [5, 5.41) is 6.74.